The summed E-state index contributed by atoms with van der Waals surface area (Å²) in [5.74, 6) is 1.82. The first-order chi connectivity index (χ1) is 7.08. The molecule has 1 unspecified atom stereocenters. The van der Waals surface area contributed by atoms with Crippen LogP contribution < -0.4 is 5.32 Å². The van der Waals surface area contributed by atoms with E-state index in [1.807, 2.05) is 38.1 Å². The van der Waals surface area contributed by atoms with E-state index in [4.69, 9.17) is 4.42 Å². The fraction of sp³-hybridized carbons (Fsp3) is 0.636. The van der Waals surface area contributed by atoms with Gasteiger partial charge in [-0.2, -0.15) is 0 Å². The number of hydrogen-bond acceptors (Lipinski definition) is 4. The first-order valence-corrected chi connectivity index (χ1v) is 5.16. The molecule has 1 rings (SSSR count). The van der Waals surface area contributed by atoms with Gasteiger partial charge in [-0.05, 0) is 33.2 Å². The Kier molecular flexibility index (Phi) is 4.81. The number of nitrogens with one attached hydrogen (secondary N) is 1. The lowest BCUT2D eigenvalue weighted by molar-refractivity contribution is 0.134. The van der Waals surface area contributed by atoms with Gasteiger partial charge in [0.15, 0.2) is 0 Å². The number of hydrogen-bond donors (Lipinski definition) is 2. The summed E-state index contributed by atoms with van der Waals surface area (Å²) in [5.41, 5.74) is 0. The minimum atomic E-state index is -0.337. The number of rotatable bonds is 6. The van der Waals surface area contributed by atoms with Gasteiger partial charge in [0, 0.05) is 13.1 Å². The van der Waals surface area contributed by atoms with E-state index >= 15 is 0 Å². The summed E-state index contributed by atoms with van der Waals surface area (Å²) < 4.78 is 5.39. The molecule has 2 N–H and O–H groups in total. The fourth-order valence-corrected chi connectivity index (χ4v) is 1.43. The number of furan rings is 1. The fourth-order valence-electron chi connectivity index (χ4n) is 1.43. The van der Waals surface area contributed by atoms with Gasteiger partial charge in [-0.15, -0.1) is 0 Å². The zero-order valence-corrected chi connectivity index (χ0v) is 9.66. The Labute approximate surface area is 90.9 Å². The van der Waals surface area contributed by atoms with Crippen LogP contribution in [0.5, 0.6) is 0 Å². The highest BCUT2D eigenvalue weighted by Gasteiger charge is 2.05. The van der Waals surface area contributed by atoms with Crippen LogP contribution >= 0.6 is 0 Å². The van der Waals surface area contributed by atoms with Gasteiger partial charge in [0.25, 0.3) is 0 Å². The Balaban J connectivity index is 2.16. The molecule has 0 saturated heterocycles. The maximum atomic E-state index is 9.57. The lowest BCUT2D eigenvalue weighted by Crippen LogP contribution is -2.34. The third-order valence-electron chi connectivity index (χ3n) is 2.05. The lowest BCUT2D eigenvalue weighted by atomic mass is 10.3. The van der Waals surface area contributed by atoms with Crippen LogP contribution in [-0.2, 0) is 6.54 Å². The van der Waals surface area contributed by atoms with Crippen LogP contribution in [0, 0.1) is 6.92 Å². The molecular formula is C11H20N2O2. The Morgan fingerprint density at radius 3 is 2.73 bits per heavy atom. The first kappa shape index (κ1) is 12.2. The van der Waals surface area contributed by atoms with Crippen molar-refractivity contribution in [3.8, 4) is 0 Å². The van der Waals surface area contributed by atoms with Gasteiger partial charge in [0.1, 0.15) is 11.5 Å². The highest BCUT2D eigenvalue weighted by Crippen LogP contribution is 2.05. The first-order valence-electron chi connectivity index (χ1n) is 5.16. The Hall–Kier alpha value is -0.840. The summed E-state index contributed by atoms with van der Waals surface area (Å²) in [5, 5.41) is 12.7. The Morgan fingerprint density at radius 2 is 2.20 bits per heavy atom. The van der Waals surface area contributed by atoms with Crippen LogP contribution in [0.3, 0.4) is 0 Å². The third-order valence-corrected chi connectivity index (χ3v) is 2.05. The molecule has 0 amide bonds. The van der Waals surface area contributed by atoms with Crippen molar-refractivity contribution in [1.82, 2.24) is 10.2 Å². The van der Waals surface area contributed by atoms with Crippen LogP contribution in [-0.4, -0.2) is 43.3 Å². The van der Waals surface area contributed by atoms with E-state index in [2.05, 4.69) is 5.32 Å². The van der Waals surface area contributed by atoms with E-state index in [0.717, 1.165) is 11.5 Å². The molecule has 4 heteroatoms. The van der Waals surface area contributed by atoms with Gasteiger partial charge in [0.2, 0.25) is 0 Å². The summed E-state index contributed by atoms with van der Waals surface area (Å²) in [6.45, 7) is 3.84. The van der Waals surface area contributed by atoms with Crippen LogP contribution in [0.1, 0.15) is 11.5 Å². The minimum Gasteiger partial charge on any atom is -0.465 e. The van der Waals surface area contributed by atoms with E-state index in [9.17, 15) is 5.11 Å². The number of aryl methyl sites for hydroxylation is 1. The van der Waals surface area contributed by atoms with Crippen molar-refractivity contribution in [3.05, 3.63) is 23.7 Å². The number of aliphatic hydroxyl groups excluding tert-OH is 1. The second-order valence-corrected chi connectivity index (χ2v) is 4.06. The summed E-state index contributed by atoms with van der Waals surface area (Å²) in [6.07, 6.45) is -0.337. The Bertz CT molecular complexity index is 284. The van der Waals surface area contributed by atoms with E-state index in [1.54, 1.807) is 0 Å². The SMILES string of the molecule is Cc1ccc(CNCC(O)CN(C)C)o1. The van der Waals surface area contributed by atoms with E-state index in [0.29, 0.717) is 19.6 Å². The summed E-state index contributed by atoms with van der Waals surface area (Å²) in [6, 6.07) is 3.88. The molecule has 1 atom stereocenters. The van der Waals surface area contributed by atoms with Crippen molar-refractivity contribution in [2.75, 3.05) is 27.2 Å². The average Bonchev–Trinajstić information content (AvgIpc) is 2.50. The second kappa shape index (κ2) is 5.90. The molecular weight excluding hydrogens is 192 g/mol. The molecule has 4 nitrogen and oxygen atoms in total. The molecule has 0 saturated carbocycles. The van der Waals surface area contributed by atoms with Crippen molar-refractivity contribution < 1.29 is 9.52 Å². The zero-order chi connectivity index (χ0) is 11.3. The number of nitrogens with zero attached hydrogens (tertiary/aromatic N) is 1. The molecule has 1 aromatic heterocycles. The van der Waals surface area contributed by atoms with Gasteiger partial charge in [-0.25, -0.2) is 0 Å². The topological polar surface area (TPSA) is 48.6 Å². The largest absolute Gasteiger partial charge is 0.465 e. The number of likely N-dealkylation sites (N-methyl/N-ethyl adjacent to an activating group) is 1. The molecule has 0 aromatic carbocycles. The van der Waals surface area contributed by atoms with E-state index in [1.165, 1.54) is 0 Å². The van der Waals surface area contributed by atoms with E-state index in [-0.39, 0.29) is 6.10 Å². The molecule has 0 bridgehead atoms. The van der Waals surface area contributed by atoms with Crippen LogP contribution in [0.15, 0.2) is 16.5 Å². The molecule has 15 heavy (non-hydrogen) atoms. The smallest absolute Gasteiger partial charge is 0.117 e. The van der Waals surface area contributed by atoms with Gasteiger partial charge >= 0.3 is 0 Å². The van der Waals surface area contributed by atoms with Crippen molar-refractivity contribution >= 4 is 0 Å². The van der Waals surface area contributed by atoms with E-state index < -0.39 is 0 Å². The monoisotopic (exact) mass is 212 g/mol. The molecule has 1 aromatic rings. The normalized spacial score (nSPS) is 13.4. The van der Waals surface area contributed by atoms with Gasteiger partial charge in [-0.1, -0.05) is 0 Å². The van der Waals surface area contributed by atoms with Crippen molar-refractivity contribution in [1.29, 1.82) is 0 Å². The third kappa shape index (κ3) is 4.97. The summed E-state index contributed by atoms with van der Waals surface area (Å²) in [4.78, 5) is 1.96. The second-order valence-electron chi connectivity index (χ2n) is 4.06. The molecule has 0 aliphatic rings. The number of aliphatic hydroxyl groups is 1. The van der Waals surface area contributed by atoms with Gasteiger partial charge < -0.3 is 19.7 Å². The standard InChI is InChI=1S/C11H20N2O2/c1-9-4-5-11(15-9)7-12-6-10(14)8-13(2)3/h4-5,10,12,14H,6-8H2,1-3H3. The maximum absolute atomic E-state index is 9.57. The predicted molar refractivity (Wildman–Crippen MR) is 59.7 cm³/mol. The molecule has 0 spiro atoms. The Morgan fingerprint density at radius 1 is 1.47 bits per heavy atom. The average molecular weight is 212 g/mol. The van der Waals surface area contributed by atoms with Crippen LogP contribution in [0.25, 0.3) is 0 Å². The lowest BCUT2D eigenvalue weighted by Gasteiger charge is -2.15. The highest BCUT2D eigenvalue weighted by atomic mass is 16.3. The van der Waals surface area contributed by atoms with Crippen molar-refractivity contribution in [2.24, 2.45) is 0 Å². The molecule has 0 fully saturated rings. The zero-order valence-electron chi connectivity index (χ0n) is 9.66. The van der Waals surface area contributed by atoms with Crippen LogP contribution in [0.2, 0.25) is 0 Å². The summed E-state index contributed by atoms with van der Waals surface area (Å²) >= 11 is 0. The van der Waals surface area contributed by atoms with Crippen LogP contribution in [0.4, 0.5) is 0 Å². The highest BCUT2D eigenvalue weighted by molar-refractivity contribution is 5.05. The predicted octanol–water partition coefficient (Wildman–Crippen LogP) is 0.600. The maximum Gasteiger partial charge on any atom is 0.117 e. The van der Waals surface area contributed by atoms with Crippen molar-refractivity contribution in [2.45, 2.75) is 19.6 Å². The van der Waals surface area contributed by atoms with Gasteiger partial charge in [-0.3, -0.25) is 0 Å². The van der Waals surface area contributed by atoms with Gasteiger partial charge in [0.05, 0.1) is 12.6 Å². The molecule has 86 valence electrons. The molecule has 1 heterocycles. The van der Waals surface area contributed by atoms with Crippen molar-refractivity contribution in [3.63, 3.8) is 0 Å². The molecule has 0 aliphatic carbocycles. The minimum absolute atomic E-state index is 0.337. The summed E-state index contributed by atoms with van der Waals surface area (Å²) in [7, 11) is 3.89. The molecule has 0 radical (unpaired) electrons. The quantitative estimate of drug-likeness (QED) is 0.725. The molecule has 0 aliphatic heterocycles.